The highest BCUT2D eigenvalue weighted by Gasteiger charge is 2.12. The third-order valence-electron chi connectivity index (χ3n) is 3.45. The first-order valence-electron chi connectivity index (χ1n) is 7.57. The number of benzene rings is 2. The Labute approximate surface area is 147 Å². The number of aromatic nitrogens is 2. The standard InChI is InChI=1S/C18H14F2N4O2/c1-26-16-5-3-2-4-14(16)21-17-9-8-15(23-24-17)18(25)22-13-7-6-11(19)10-12(13)20/h2-10H,1H3,(H,21,24)(H,22,25). The number of halogens is 2. The van der Waals surface area contributed by atoms with Gasteiger partial charge in [-0.15, -0.1) is 10.2 Å². The van der Waals surface area contributed by atoms with Crippen LogP contribution in [0.2, 0.25) is 0 Å². The van der Waals surface area contributed by atoms with Crippen LogP contribution in [0.3, 0.4) is 0 Å². The maximum atomic E-state index is 13.6. The Hall–Kier alpha value is -3.55. The monoisotopic (exact) mass is 356 g/mol. The molecule has 132 valence electrons. The van der Waals surface area contributed by atoms with Crippen molar-refractivity contribution in [1.82, 2.24) is 10.2 Å². The lowest BCUT2D eigenvalue weighted by Gasteiger charge is -2.10. The van der Waals surface area contributed by atoms with Gasteiger partial charge in [-0.1, -0.05) is 12.1 Å². The molecule has 26 heavy (non-hydrogen) atoms. The Morgan fingerprint density at radius 2 is 1.81 bits per heavy atom. The molecule has 0 fully saturated rings. The van der Waals surface area contributed by atoms with Gasteiger partial charge in [0.15, 0.2) is 11.5 Å². The molecule has 0 aliphatic rings. The Bertz CT molecular complexity index is 933. The summed E-state index contributed by atoms with van der Waals surface area (Å²) in [5, 5.41) is 13.1. The lowest BCUT2D eigenvalue weighted by atomic mass is 10.2. The molecule has 0 atom stereocenters. The van der Waals surface area contributed by atoms with E-state index in [0.717, 1.165) is 12.1 Å². The molecule has 3 aromatic rings. The summed E-state index contributed by atoms with van der Waals surface area (Å²) < 4.78 is 31.7. The molecule has 0 radical (unpaired) electrons. The van der Waals surface area contributed by atoms with Crippen molar-refractivity contribution in [2.45, 2.75) is 0 Å². The minimum absolute atomic E-state index is 0.0145. The predicted molar refractivity (Wildman–Crippen MR) is 92.6 cm³/mol. The van der Waals surface area contributed by atoms with Gasteiger partial charge in [0.05, 0.1) is 18.5 Å². The summed E-state index contributed by atoms with van der Waals surface area (Å²) in [5.41, 5.74) is 0.531. The van der Waals surface area contributed by atoms with Crippen LogP contribution in [-0.4, -0.2) is 23.2 Å². The van der Waals surface area contributed by atoms with Crippen LogP contribution in [0.15, 0.2) is 54.6 Å². The van der Waals surface area contributed by atoms with Crippen molar-refractivity contribution in [3.8, 4) is 5.75 Å². The second-order valence-electron chi connectivity index (χ2n) is 5.21. The Kier molecular flexibility index (Phi) is 5.02. The van der Waals surface area contributed by atoms with Gasteiger partial charge < -0.3 is 15.4 Å². The van der Waals surface area contributed by atoms with E-state index in [9.17, 15) is 13.6 Å². The summed E-state index contributed by atoms with van der Waals surface area (Å²) in [6.45, 7) is 0. The van der Waals surface area contributed by atoms with Gasteiger partial charge in [-0.3, -0.25) is 4.79 Å². The maximum absolute atomic E-state index is 13.6. The molecule has 0 bridgehead atoms. The van der Waals surface area contributed by atoms with E-state index in [2.05, 4.69) is 20.8 Å². The molecular weight excluding hydrogens is 342 g/mol. The minimum atomic E-state index is -0.874. The van der Waals surface area contributed by atoms with Gasteiger partial charge in [0.25, 0.3) is 5.91 Å². The fourth-order valence-corrected chi connectivity index (χ4v) is 2.18. The van der Waals surface area contributed by atoms with Crippen molar-refractivity contribution in [2.24, 2.45) is 0 Å². The van der Waals surface area contributed by atoms with Crippen LogP contribution in [0, 0.1) is 11.6 Å². The summed E-state index contributed by atoms with van der Waals surface area (Å²) >= 11 is 0. The average molecular weight is 356 g/mol. The predicted octanol–water partition coefficient (Wildman–Crippen LogP) is 3.76. The highest BCUT2D eigenvalue weighted by molar-refractivity contribution is 6.02. The molecule has 0 saturated carbocycles. The third-order valence-corrected chi connectivity index (χ3v) is 3.45. The van der Waals surface area contributed by atoms with E-state index >= 15 is 0 Å². The lowest BCUT2D eigenvalue weighted by Crippen LogP contribution is -2.15. The summed E-state index contributed by atoms with van der Waals surface area (Å²) in [5.74, 6) is -1.23. The van der Waals surface area contributed by atoms with Gasteiger partial charge in [-0.2, -0.15) is 0 Å². The van der Waals surface area contributed by atoms with E-state index < -0.39 is 17.5 Å². The zero-order valence-corrected chi connectivity index (χ0v) is 13.7. The number of methoxy groups -OCH3 is 1. The van der Waals surface area contributed by atoms with Gasteiger partial charge in [-0.25, -0.2) is 8.78 Å². The van der Waals surface area contributed by atoms with Crippen LogP contribution in [-0.2, 0) is 0 Å². The number of anilines is 3. The van der Waals surface area contributed by atoms with Crippen molar-refractivity contribution in [1.29, 1.82) is 0 Å². The number of carbonyl (C=O) groups excluding carboxylic acids is 1. The quantitative estimate of drug-likeness (QED) is 0.728. The molecule has 0 saturated heterocycles. The molecule has 0 spiro atoms. The van der Waals surface area contributed by atoms with Gasteiger partial charge in [0, 0.05) is 6.07 Å². The van der Waals surface area contributed by atoms with E-state index in [1.165, 1.54) is 6.07 Å². The molecule has 1 aromatic heterocycles. The highest BCUT2D eigenvalue weighted by Crippen LogP contribution is 2.25. The molecule has 1 heterocycles. The number of para-hydroxylation sites is 2. The molecule has 8 heteroatoms. The molecule has 0 aliphatic carbocycles. The first kappa shape index (κ1) is 17.3. The first-order valence-corrected chi connectivity index (χ1v) is 7.57. The van der Waals surface area contributed by atoms with Gasteiger partial charge in [-0.05, 0) is 36.4 Å². The van der Waals surface area contributed by atoms with Gasteiger partial charge in [0.2, 0.25) is 0 Å². The maximum Gasteiger partial charge on any atom is 0.276 e. The topological polar surface area (TPSA) is 76.1 Å². The van der Waals surface area contributed by atoms with Crippen LogP contribution < -0.4 is 15.4 Å². The fourth-order valence-electron chi connectivity index (χ4n) is 2.18. The largest absolute Gasteiger partial charge is 0.495 e. The molecule has 2 N–H and O–H groups in total. The van der Waals surface area contributed by atoms with Crippen molar-refractivity contribution >= 4 is 23.1 Å². The van der Waals surface area contributed by atoms with Gasteiger partial charge >= 0.3 is 0 Å². The number of nitrogens with one attached hydrogen (secondary N) is 2. The second kappa shape index (κ2) is 7.56. The summed E-state index contributed by atoms with van der Waals surface area (Å²) in [6, 6.07) is 13.1. The smallest absolute Gasteiger partial charge is 0.276 e. The number of rotatable bonds is 5. The van der Waals surface area contributed by atoms with Crippen LogP contribution in [0.1, 0.15) is 10.5 Å². The summed E-state index contributed by atoms with van der Waals surface area (Å²) in [6.07, 6.45) is 0. The number of hydrogen-bond acceptors (Lipinski definition) is 5. The minimum Gasteiger partial charge on any atom is -0.495 e. The summed E-state index contributed by atoms with van der Waals surface area (Å²) in [4.78, 5) is 12.1. The fraction of sp³-hybridized carbons (Fsp3) is 0.0556. The van der Waals surface area contributed by atoms with Crippen molar-refractivity contribution in [3.05, 3.63) is 71.9 Å². The molecule has 2 aromatic carbocycles. The molecular formula is C18H14F2N4O2. The third kappa shape index (κ3) is 3.92. The highest BCUT2D eigenvalue weighted by atomic mass is 19.1. The Balaban J connectivity index is 1.71. The van der Waals surface area contributed by atoms with Crippen LogP contribution in [0.4, 0.5) is 26.0 Å². The number of amides is 1. The van der Waals surface area contributed by atoms with E-state index in [1.54, 1.807) is 25.3 Å². The Morgan fingerprint density at radius 3 is 2.50 bits per heavy atom. The number of ether oxygens (including phenoxy) is 1. The van der Waals surface area contributed by atoms with Crippen molar-refractivity contribution < 1.29 is 18.3 Å². The molecule has 1 amide bonds. The number of carbonyl (C=O) groups is 1. The van der Waals surface area contributed by atoms with Crippen LogP contribution >= 0.6 is 0 Å². The number of hydrogen-bond donors (Lipinski definition) is 2. The van der Waals surface area contributed by atoms with Gasteiger partial charge in [0.1, 0.15) is 17.4 Å². The Morgan fingerprint density at radius 1 is 1.00 bits per heavy atom. The van der Waals surface area contributed by atoms with Crippen LogP contribution in [0.5, 0.6) is 5.75 Å². The van der Waals surface area contributed by atoms with E-state index in [-0.39, 0.29) is 11.4 Å². The SMILES string of the molecule is COc1ccccc1Nc1ccc(C(=O)Nc2ccc(F)cc2F)nn1. The first-order chi connectivity index (χ1) is 12.6. The number of nitrogens with zero attached hydrogens (tertiary/aromatic N) is 2. The molecule has 3 rings (SSSR count). The van der Waals surface area contributed by atoms with E-state index in [0.29, 0.717) is 23.3 Å². The van der Waals surface area contributed by atoms with E-state index in [1.807, 2.05) is 12.1 Å². The van der Waals surface area contributed by atoms with Crippen molar-refractivity contribution in [3.63, 3.8) is 0 Å². The summed E-state index contributed by atoms with van der Waals surface area (Å²) in [7, 11) is 1.55. The zero-order chi connectivity index (χ0) is 18.5. The molecule has 0 unspecified atom stereocenters. The normalized spacial score (nSPS) is 10.3. The molecule has 6 nitrogen and oxygen atoms in total. The van der Waals surface area contributed by atoms with E-state index in [4.69, 9.17) is 4.74 Å². The average Bonchev–Trinajstić information content (AvgIpc) is 2.65. The zero-order valence-electron chi connectivity index (χ0n) is 13.7. The molecule has 0 aliphatic heterocycles. The van der Waals surface area contributed by atoms with Crippen molar-refractivity contribution in [2.75, 3.05) is 17.7 Å². The second-order valence-corrected chi connectivity index (χ2v) is 5.21. The lowest BCUT2D eigenvalue weighted by molar-refractivity contribution is 0.102. The van der Waals surface area contributed by atoms with Crippen LogP contribution in [0.25, 0.3) is 0 Å².